The average molecular weight is 263 g/mol. The SMILES string of the molecule is CCOC(=O)[C@H]1CCNC[C@H]1c1cccc(OC)c1. The van der Waals surface area contributed by atoms with E-state index in [1.54, 1.807) is 7.11 Å². The first-order chi connectivity index (χ1) is 9.26. The molecule has 0 amide bonds. The van der Waals surface area contributed by atoms with Crippen LogP contribution in [0.15, 0.2) is 24.3 Å². The Morgan fingerprint density at radius 1 is 1.47 bits per heavy atom. The van der Waals surface area contributed by atoms with Crippen molar-refractivity contribution in [2.24, 2.45) is 5.92 Å². The van der Waals surface area contributed by atoms with Crippen LogP contribution in [0.1, 0.15) is 24.8 Å². The number of nitrogens with one attached hydrogen (secondary N) is 1. The van der Waals surface area contributed by atoms with E-state index in [0.29, 0.717) is 6.61 Å². The fourth-order valence-corrected chi connectivity index (χ4v) is 2.61. The van der Waals surface area contributed by atoms with Crippen molar-refractivity contribution in [2.45, 2.75) is 19.3 Å². The van der Waals surface area contributed by atoms with Crippen molar-refractivity contribution in [1.82, 2.24) is 5.32 Å². The van der Waals surface area contributed by atoms with Crippen molar-refractivity contribution in [3.8, 4) is 5.75 Å². The third kappa shape index (κ3) is 3.26. The van der Waals surface area contributed by atoms with Crippen LogP contribution in [0.3, 0.4) is 0 Å². The van der Waals surface area contributed by atoms with Gasteiger partial charge in [-0.1, -0.05) is 12.1 Å². The average Bonchev–Trinajstić information content (AvgIpc) is 2.47. The number of ether oxygens (including phenoxy) is 2. The topological polar surface area (TPSA) is 47.6 Å². The standard InChI is InChI=1S/C15H21NO3/c1-3-19-15(17)13-7-8-16-10-14(13)11-5-4-6-12(9-11)18-2/h4-6,9,13-14,16H,3,7-8,10H2,1-2H3/t13-,14-/m0/s1. The summed E-state index contributed by atoms with van der Waals surface area (Å²) in [5.74, 6) is 0.832. The molecule has 1 saturated heterocycles. The van der Waals surface area contributed by atoms with Gasteiger partial charge in [0.15, 0.2) is 0 Å². The molecule has 4 heteroatoms. The van der Waals surface area contributed by atoms with Crippen LogP contribution >= 0.6 is 0 Å². The second-order valence-corrected chi connectivity index (χ2v) is 4.73. The molecule has 0 radical (unpaired) electrons. The molecule has 1 aliphatic heterocycles. The maximum absolute atomic E-state index is 12.1. The van der Waals surface area contributed by atoms with E-state index in [9.17, 15) is 4.79 Å². The minimum atomic E-state index is -0.0863. The van der Waals surface area contributed by atoms with Crippen LogP contribution in [-0.2, 0) is 9.53 Å². The van der Waals surface area contributed by atoms with Crippen LogP contribution in [0.4, 0.5) is 0 Å². The van der Waals surface area contributed by atoms with E-state index in [2.05, 4.69) is 5.32 Å². The summed E-state index contributed by atoms with van der Waals surface area (Å²) in [5.41, 5.74) is 1.13. The molecule has 0 aromatic heterocycles. The monoisotopic (exact) mass is 263 g/mol. The molecule has 1 heterocycles. The van der Waals surface area contributed by atoms with Crippen molar-refractivity contribution in [2.75, 3.05) is 26.8 Å². The summed E-state index contributed by atoms with van der Waals surface area (Å²) in [5, 5.41) is 3.35. The highest BCUT2D eigenvalue weighted by molar-refractivity contribution is 5.74. The molecule has 0 aliphatic carbocycles. The molecule has 1 aromatic rings. The largest absolute Gasteiger partial charge is 0.497 e. The Labute approximate surface area is 114 Å². The molecule has 1 aromatic carbocycles. The molecule has 0 saturated carbocycles. The van der Waals surface area contributed by atoms with Gasteiger partial charge in [0.25, 0.3) is 0 Å². The molecular weight excluding hydrogens is 242 g/mol. The molecule has 1 N–H and O–H groups in total. The Morgan fingerprint density at radius 2 is 2.32 bits per heavy atom. The molecule has 0 bridgehead atoms. The van der Waals surface area contributed by atoms with Crippen molar-refractivity contribution in [1.29, 1.82) is 0 Å². The maximum Gasteiger partial charge on any atom is 0.309 e. The van der Waals surface area contributed by atoms with E-state index in [1.165, 1.54) is 0 Å². The number of carbonyl (C=O) groups is 1. The lowest BCUT2D eigenvalue weighted by molar-refractivity contribution is -0.149. The summed E-state index contributed by atoms with van der Waals surface area (Å²) in [6.45, 7) is 3.95. The molecule has 2 atom stereocenters. The van der Waals surface area contributed by atoms with Crippen molar-refractivity contribution in [3.63, 3.8) is 0 Å². The lowest BCUT2D eigenvalue weighted by atomic mass is 9.81. The highest BCUT2D eigenvalue weighted by Crippen LogP contribution is 2.32. The highest BCUT2D eigenvalue weighted by atomic mass is 16.5. The van der Waals surface area contributed by atoms with E-state index >= 15 is 0 Å². The number of piperidine rings is 1. The van der Waals surface area contributed by atoms with Gasteiger partial charge >= 0.3 is 5.97 Å². The molecule has 1 aliphatic rings. The quantitative estimate of drug-likeness (QED) is 0.844. The third-order valence-corrected chi connectivity index (χ3v) is 3.59. The number of rotatable bonds is 4. The van der Waals surface area contributed by atoms with Gasteiger partial charge in [-0.05, 0) is 37.6 Å². The normalized spacial score (nSPS) is 22.8. The zero-order valence-corrected chi connectivity index (χ0v) is 11.5. The summed E-state index contributed by atoms with van der Waals surface area (Å²) >= 11 is 0. The first kappa shape index (κ1) is 13.9. The van der Waals surface area contributed by atoms with Crippen molar-refractivity contribution < 1.29 is 14.3 Å². The van der Waals surface area contributed by atoms with Crippen LogP contribution < -0.4 is 10.1 Å². The van der Waals surface area contributed by atoms with Crippen LogP contribution in [0, 0.1) is 5.92 Å². The lowest BCUT2D eigenvalue weighted by Crippen LogP contribution is -2.39. The fraction of sp³-hybridized carbons (Fsp3) is 0.533. The number of hydrogen-bond acceptors (Lipinski definition) is 4. The van der Waals surface area contributed by atoms with Gasteiger partial charge in [-0.25, -0.2) is 0 Å². The number of esters is 1. The summed E-state index contributed by atoms with van der Waals surface area (Å²) in [6.07, 6.45) is 0.820. The van der Waals surface area contributed by atoms with Crippen LogP contribution in [0.25, 0.3) is 0 Å². The first-order valence-electron chi connectivity index (χ1n) is 6.77. The van der Waals surface area contributed by atoms with Crippen LogP contribution in [0.5, 0.6) is 5.75 Å². The van der Waals surface area contributed by atoms with E-state index in [4.69, 9.17) is 9.47 Å². The van der Waals surface area contributed by atoms with Crippen LogP contribution in [-0.4, -0.2) is 32.8 Å². The first-order valence-corrected chi connectivity index (χ1v) is 6.77. The highest BCUT2D eigenvalue weighted by Gasteiger charge is 2.33. The Bertz CT molecular complexity index is 433. The van der Waals surface area contributed by atoms with E-state index in [0.717, 1.165) is 30.8 Å². The molecule has 0 spiro atoms. The molecule has 0 unspecified atom stereocenters. The van der Waals surface area contributed by atoms with Crippen molar-refractivity contribution in [3.05, 3.63) is 29.8 Å². The smallest absolute Gasteiger partial charge is 0.309 e. The van der Waals surface area contributed by atoms with Gasteiger partial charge < -0.3 is 14.8 Å². The zero-order valence-electron chi connectivity index (χ0n) is 11.5. The number of hydrogen-bond donors (Lipinski definition) is 1. The summed E-state index contributed by atoms with van der Waals surface area (Å²) in [4.78, 5) is 12.1. The molecule has 19 heavy (non-hydrogen) atoms. The van der Waals surface area contributed by atoms with E-state index < -0.39 is 0 Å². The predicted molar refractivity (Wildman–Crippen MR) is 73.3 cm³/mol. The Hall–Kier alpha value is -1.55. The fourth-order valence-electron chi connectivity index (χ4n) is 2.61. The molecule has 1 fully saturated rings. The molecule has 104 valence electrons. The Morgan fingerprint density at radius 3 is 3.05 bits per heavy atom. The summed E-state index contributed by atoms with van der Waals surface area (Å²) in [7, 11) is 1.65. The van der Waals surface area contributed by atoms with Crippen LogP contribution in [0.2, 0.25) is 0 Å². The van der Waals surface area contributed by atoms with Gasteiger partial charge in [0, 0.05) is 12.5 Å². The summed E-state index contributed by atoms with van der Waals surface area (Å²) < 4.78 is 10.4. The summed E-state index contributed by atoms with van der Waals surface area (Å²) in [6, 6.07) is 7.93. The minimum absolute atomic E-state index is 0.0618. The lowest BCUT2D eigenvalue weighted by Gasteiger charge is -2.31. The van der Waals surface area contributed by atoms with E-state index in [1.807, 2.05) is 31.2 Å². The number of carbonyl (C=O) groups excluding carboxylic acids is 1. The second-order valence-electron chi connectivity index (χ2n) is 4.73. The van der Waals surface area contributed by atoms with Gasteiger partial charge in [-0.15, -0.1) is 0 Å². The number of benzene rings is 1. The van der Waals surface area contributed by atoms with Gasteiger partial charge in [0.05, 0.1) is 19.6 Å². The molecule has 4 nitrogen and oxygen atoms in total. The molecule has 2 rings (SSSR count). The predicted octanol–water partition coefficient (Wildman–Crippen LogP) is 1.95. The third-order valence-electron chi connectivity index (χ3n) is 3.59. The van der Waals surface area contributed by atoms with Gasteiger partial charge in [0.1, 0.15) is 5.75 Å². The maximum atomic E-state index is 12.1. The van der Waals surface area contributed by atoms with Gasteiger partial charge in [-0.3, -0.25) is 4.79 Å². The minimum Gasteiger partial charge on any atom is -0.497 e. The molecular formula is C15H21NO3. The number of methoxy groups -OCH3 is 1. The van der Waals surface area contributed by atoms with E-state index in [-0.39, 0.29) is 17.8 Å². The second kappa shape index (κ2) is 6.57. The Balaban J connectivity index is 2.20. The Kier molecular flexibility index (Phi) is 4.80. The van der Waals surface area contributed by atoms with Gasteiger partial charge in [0.2, 0.25) is 0 Å². The zero-order chi connectivity index (χ0) is 13.7. The van der Waals surface area contributed by atoms with Crippen molar-refractivity contribution >= 4 is 5.97 Å². The van der Waals surface area contributed by atoms with Gasteiger partial charge in [-0.2, -0.15) is 0 Å².